The summed E-state index contributed by atoms with van der Waals surface area (Å²) in [7, 11) is -2.06. The second-order valence-corrected chi connectivity index (χ2v) is 6.73. The van der Waals surface area contributed by atoms with Crippen molar-refractivity contribution < 1.29 is 17.9 Å². The Balaban J connectivity index is 2.06. The second kappa shape index (κ2) is 6.77. The van der Waals surface area contributed by atoms with Crippen LogP contribution in [0.25, 0.3) is 0 Å². The average Bonchev–Trinajstić information content (AvgIpc) is 2.55. The number of nitriles is 1. The molecule has 8 heteroatoms. The molecule has 0 atom stereocenters. The number of amides is 1. The van der Waals surface area contributed by atoms with Gasteiger partial charge in [0.15, 0.2) is 0 Å². The van der Waals surface area contributed by atoms with E-state index < -0.39 is 10.0 Å². The van der Waals surface area contributed by atoms with Crippen LogP contribution in [0, 0.1) is 11.3 Å². The molecule has 1 saturated heterocycles. The Kier molecular flexibility index (Phi) is 5.00. The molecule has 0 aliphatic carbocycles. The van der Waals surface area contributed by atoms with Gasteiger partial charge >= 0.3 is 0 Å². The molecule has 1 heterocycles. The third kappa shape index (κ3) is 3.37. The zero-order valence-corrected chi connectivity index (χ0v) is 13.0. The highest BCUT2D eigenvalue weighted by Crippen LogP contribution is 2.20. The number of piperazine rings is 1. The van der Waals surface area contributed by atoms with Gasteiger partial charge in [-0.15, -0.1) is 0 Å². The summed E-state index contributed by atoms with van der Waals surface area (Å²) in [6.07, 6.45) is -0.175. The second-order valence-electron chi connectivity index (χ2n) is 4.80. The third-order valence-corrected chi connectivity index (χ3v) is 5.43. The van der Waals surface area contributed by atoms with Crippen LogP contribution >= 0.6 is 0 Å². The minimum atomic E-state index is -3.57. The monoisotopic (exact) mass is 323 g/mol. The molecule has 1 aromatic carbocycles. The molecular formula is C14H17N3O4S. The van der Waals surface area contributed by atoms with Gasteiger partial charge in [0.05, 0.1) is 18.1 Å². The lowest BCUT2D eigenvalue weighted by Crippen LogP contribution is -2.50. The van der Waals surface area contributed by atoms with E-state index in [1.165, 1.54) is 28.4 Å². The van der Waals surface area contributed by atoms with Crippen molar-refractivity contribution in [3.8, 4) is 11.8 Å². The molecule has 0 bridgehead atoms. The fourth-order valence-electron chi connectivity index (χ4n) is 2.25. The molecule has 118 valence electrons. The Labute approximate surface area is 129 Å². The van der Waals surface area contributed by atoms with Gasteiger partial charge < -0.3 is 9.64 Å². The van der Waals surface area contributed by atoms with E-state index in [0.717, 1.165) is 0 Å². The van der Waals surface area contributed by atoms with Gasteiger partial charge in [-0.2, -0.15) is 9.57 Å². The Bertz CT molecular complexity index is 671. The maximum atomic E-state index is 12.5. The largest absolute Gasteiger partial charge is 0.497 e. The fraction of sp³-hybridized carbons (Fsp3) is 0.429. The van der Waals surface area contributed by atoms with E-state index in [4.69, 9.17) is 10.00 Å². The first kappa shape index (κ1) is 16.3. The standard InChI is InChI=1S/C14H17N3O4S/c1-21-12-2-4-13(5-3-12)22(19,20)17-10-8-16(9-11-17)14(18)6-7-15/h2-5H,6,8-11H2,1H3. The highest BCUT2D eigenvalue weighted by molar-refractivity contribution is 7.89. The molecule has 0 aromatic heterocycles. The molecule has 1 amide bonds. The quantitative estimate of drug-likeness (QED) is 0.802. The highest BCUT2D eigenvalue weighted by Gasteiger charge is 2.29. The number of methoxy groups -OCH3 is 1. The van der Waals surface area contributed by atoms with E-state index >= 15 is 0 Å². The fourth-order valence-corrected chi connectivity index (χ4v) is 3.68. The number of carbonyl (C=O) groups is 1. The summed E-state index contributed by atoms with van der Waals surface area (Å²) in [6, 6.07) is 8.00. The van der Waals surface area contributed by atoms with E-state index in [9.17, 15) is 13.2 Å². The van der Waals surface area contributed by atoms with Crippen molar-refractivity contribution >= 4 is 15.9 Å². The molecule has 7 nitrogen and oxygen atoms in total. The predicted octanol–water partition coefficient (Wildman–Crippen LogP) is 0.442. The van der Waals surface area contributed by atoms with Crippen molar-refractivity contribution in [2.75, 3.05) is 33.3 Å². The smallest absolute Gasteiger partial charge is 0.243 e. The van der Waals surface area contributed by atoms with Crippen molar-refractivity contribution in [3.05, 3.63) is 24.3 Å². The summed E-state index contributed by atoms with van der Waals surface area (Å²) in [5, 5.41) is 8.53. The number of nitrogens with zero attached hydrogens (tertiary/aromatic N) is 3. The first-order valence-electron chi connectivity index (χ1n) is 6.78. The van der Waals surface area contributed by atoms with Crippen LogP contribution in [0.15, 0.2) is 29.2 Å². The van der Waals surface area contributed by atoms with Crippen molar-refractivity contribution in [1.82, 2.24) is 9.21 Å². The van der Waals surface area contributed by atoms with E-state index in [1.807, 2.05) is 6.07 Å². The molecular weight excluding hydrogens is 306 g/mol. The topological polar surface area (TPSA) is 90.7 Å². The van der Waals surface area contributed by atoms with Crippen molar-refractivity contribution in [3.63, 3.8) is 0 Å². The molecule has 1 aliphatic heterocycles. The highest BCUT2D eigenvalue weighted by atomic mass is 32.2. The SMILES string of the molecule is COc1ccc(S(=O)(=O)N2CCN(C(=O)CC#N)CC2)cc1. The summed E-state index contributed by atoms with van der Waals surface area (Å²) in [5.41, 5.74) is 0. The molecule has 0 N–H and O–H groups in total. The van der Waals surface area contributed by atoms with Crippen molar-refractivity contribution in [2.24, 2.45) is 0 Å². The summed E-state index contributed by atoms with van der Waals surface area (Å²) in [6.45, 7) is 1.06. The number of benzene rings is 1. The minimum Gasteiger partial charge on any atom is -0.497 e. The number of hydrogen-bond donors (Lipinski definition) is 0. The molecule has 1 fully saturated rings. The van der Waals surface area contributed by atoms with Crippen LogP contribution < -0.4 is 4.74 Å². The van der Waals surface area contributed by atoms with Gasteiger partial charge in [-0.3, -0.25) is 4.79 Å². The predicted molar refractivity (Wildman–Crippen MR) is 78.6 cm³/mol. The lowest BCUT2D eigenvalue weighted by Gasteiger charge is -2.33. The van der Waals surface area contributed by atoms with Crippen molar-refractivity contribution in [2.45, 2.75) is 11.3 Å². The van der Waals surface area contributed by atoms with E-state index in [-0.39, 0.29) is 30.3 Å². The maximum Gasteiger partial charge on any atom is 0.243 e. The summed E-state index contributed by atoms with van der Waals surface area (Å²) in [5.74, 6) is 0.329. The van der Waals surface area contributed by atoms with Gasteiger partial charge in [0, 0.05) is 26.2 Å². The summed E-state index contributed by atoms with van der Waals surface area (Å²) >= 11 is 0. The Morgan fingerprint density at radius 3 is 2.32 bits per heavy atom. The molecule has 22 heavy (non-hydrogen) atoms. The third-order valence-electron chi connectivity index (χ3n) is 3.52. The number of sulfonamides is 1. The van der Waals surface area contributed by atoms with E-state index in [0.29, 0.717) is 18.8 Å². The van der Waals surface area contributed by atoms with Gasteiger partial charge in [-0.05, 0) is 24.3 Å². The number of hydrogen-bond acceptors (Lipinski definition) is 5. The normalized spacial score (nSPS) is 16.1. The van der Waals surface area contributed by atoms with Crippen LogP contribution in [0.4, 0.5) is 0 Å². The van der Waals surface area contributed by atoms with E-state index in [2.05, 4.69) is 0 Å². The lowest BCUT2D eigenvalue weighted by molar-refractivity contribution is -0.131. The maximum absolute atomic E-state index is 12.5. The molecule has 0 saturated carbocycles. The van der Waals surface area contributed by atoms with Crippen LogP contribution in [0.3, 0.4) is 0 Å². The molecule has 0 radical (unpaired) electrons. The summed E-state index contributed by atoms with van der Waals surface area (Å²) < 4.78 is 31.4. The molecule has 0 unspecified atom stereocenters. The first-order chi connectivity index (χ1) is 10.5. The van der Waals surface area contributed by atoms with E-state index in [1.54, 1.807) is 12.1 Å². The van der Waals surface area contributed by atoms with Crippen molar-refractivity contribution in [1.29, 1.82) is 5.26 Å². The number of carbonyl (C=O) groups excluding carboxylic acids is 1. The average molecular weight is 323 g/mol. The first-order valence-corrected chi connectivity index (χ1v) is 8.22. The zero-order valence-electron chi connectivity index (χ0n) is 12.2. The molecule has 0 spiro atoms. The number of rotatable bonds is 4. The number of ether oxygens (including phenoxy) is 1. The van der Waals surface area contributed by atoms with Gasteiger partial charge in [0.1, 0.15) is 12.2 Å². The lowest BCUT2D eigenvalue weighted by atomic mass is 10.3. The zero-order chi connectivity index (χ0) is 16.2. The molecule has 1 aromatic rings. The minimum absolute atomic E-state index is 0.175. The molecule has 1 aliphatic rings. The van der Waals surface area contributed by atoms with Gasteiger partial charge in [-0.1, -0.05) is 0 Å². The van der Waals surface area contributed by atoms with Crippen LogP contribution in [0.1, 0.15) is 6.42 Å². The Morgan fingerprint density at radius 1 is 1.23 bits per heavy atom. The van der Waals surface area contributed by atoms with Gasteiger partial charge in [-0.25, -0.2) is 8.42 Å². The van der Waals surface area contributed by atoms with Crippen LogP contribution in [-0.4, -0.2) is 56.8 Å². The van der Waals surface area contributed by atoms with Gasteiger partial charge in [0.25, 0.3) is 0 Å². The van der Waals surface area contributed by atoms with Crippen LogP contribution in [0.5, 0.6) is 5.75 Å². The van der Waals surface area contributed by atoms with Crippen LogP contribution in [0.2, 0.25) is 0 Å². The van der Waals surface area contributed by atoms with Gasteiger partial charge in [0.2, 0.25) is 15.9 Å². The summed E-state index contributed by atoms with van der Waals surface area (Å²) in [4.78, 5) is 13.3. The Morgan fingerprint density at radius 2 is 1.82 bits per heavy atom. The molecule has 2 rings (SSSR count). The Hall–Kier alpha value is -2.11. The van der Waals surface area contributed by atoms with Crippen LogP contribution in [-0.2, 0) is 14.8 Å².